The molecule has 4 aliphatic carbocycles. The average molecular weight is 808 g/mol. The van der Waals surface area contributed by atoms with Crippen molar-refractivity contribution in [3.8, 4) is 66.9 Å². The van der Waals surface area contributed by atoms with Gasteiger partial charge in [-0.1, -0.05) is 200 Å². The Kier molecular flexibility index (Phi) is 6.61. The van der Waals surface area contributed by atoms with E-state index in [9.17, 15) is 0 Å². The van der Waals surface area contributed by atoms with E-state index in [-0.39, 0.29) is 0 Å². The van der Waals surface area contributed by atoms with Gasteiger partial charge in [-0.05, 0) is 130 Å². The van der Waals surface area contributed by atoms with Crippen molar-refractivity contribution in [1.29, 1.82) is 0 Å². The van der Waals surface area contributed by atoms with Crippen LogP contribution in [0.3, 0.4) is 0 Å². The van der Waals surface area contributed by atoms with Crippen LogP contribution < -0.4 is 0 Å². The first-order valence-electron chi connectivity index (χ1n) is 22.5. The van der Waals surface area contributed by atoms with Crippen LogP contribution in [0.15, 0.2) is 224 Å². The van der Waals surface area contributed by atoms with Gasteiger partial charge in [0.2, 0.25) is 0 Å². The Morgan fingerprint density at radius 3 is 1.27 bits per heavy atom. The number of fused-ring (bicyclic) bond motifs is 23. The molecule has 1 heterocycles. The van der Waals surface area contributed by atoms with E-state index >= 15 is 0 Å². The van der Waals surface area contributed by atoms with Crippen LogP contribution in [0.2, 0.25) is 0 Å². The molecule has 2 spiro atoms. The summed E-state index contributed by atoms with van der Waals surface area (Å²) < 4.78 is 0. The predicted octanol–water partition coefficient (Wildman–Crippen LogP) is 15.4. The summed E-state index contributed by atoms with van der Waals surface area (Å²) in [7, 11) is 0. The molecule has 11 aromatic rings. The SMILES string of the molecule is c1cc(-c2cccc3c2-c2ccccc2C32c3ccccc3-c3ccccc32)cc(-c2nc3ccccc3c3cc4c(cc23)-c2ccccc2C42c3ccccc3-c3ccccc32)c1. The summed E-state index contributed by atoms with van der Waals surface area (Å²) in [6.07, 6.45) is 0. The third-order valence-electron chi connectivity index (χ3n) is 15.3. The standard InChI is InChI=1S/C63H37N/c1-8-27-51-41(19-1)42-20-2-9-28-52(42)62(51)56-32-13-6-25-47(56)60-40(26-16-33-57(60)62)38-17-15-18-39(35-38)61-50-36-49-45-23-5-12-31-55(45)63(58(49)37-48(50)46-24-7-14-34-59(46)64-61)53-29-10-3-21-43(53)44-22-4-11-30-54(44)63/h1-37H. The monoisotopic (exact) mass is 807 g/mol. The molecule has 10 aromatic carbocycles. The smallest absolute Gasteiger partial charge is 0.0788 e. The zero-order valence-electron chi connectivity index (χ0n) is 34.8. The summed E-state index contributed by atoms with van der Waals surface area (Å²) in [6.45, 7) is 0. The van der Waals surface area contributed by atoms with E-state index in [1.807, 2.05) is 0 Å². The number of benzene rings is 10. The molecule has 15 rings (SSSR count). The Bertz CT molecular complexity index is 3780. The maximum Gasteiger partial charge on any atom is 0.0788 e. The Hall–Kier alpha value is -8.13. The minimum Gasteiger partial charge on any atom is -0.247 e. The zero-order valence-corrected chi connectivity index (χ0v) is 34.8. The molecule has 0 saturated carbocycles. The summed E-state index contributed by atoms with van der Waals surface area (Å²) in [5.74, 6) is 0. The minimum absolute atomic E-state index is 0.392. The molecule has 0 radical (unpaired) electrons. The van der Waals surface area contributed by atoms with E-state index in [1.165, 1.54) is 116 Å². The fourth-order valence-corrected chi connectivity index (χ4v) is 13.0. The lowest BCUT2D eigenvalue weighted by molar-refractivity contribution is 0.794. The fourth-order valence-electron chi connectivity index (χ4n) is 13.0. The number of rotatable bonds is 2. The number of hydrogen-bond acceptors (Lipinski definition) is 1. The molecule has 1 heteroatoms. The maximum atomic E-state index is 5.57. The van der Waals surface area contributed by atoms with Crippen LogP contribution in [0, 0.1) is 0 Å². The van der Waals surface area contributed by atoms with E-state index < -0.39 is 10.8 Å². The average Bonchev–Trinajstić information content (AvgIpc) is 4.05. The highest BCUT2D eigenvalue weighted by Gasteiger charge is 2.53. The Balaban J connectivity index is 0.979. The second-order valence-corrected chi connectivity index (χ2v) is 18.0. The predicted molar refractivity (Wildman–Crippen MR) is 263 cm³/mol. The lowest BCUT2D eigenvalue weighted by atomic mass is 9.70. The van der Waals surface area contributed by atoms with Gasteiger partial charge in [0.1, 0.15) is 0 Å². The number of nitrogens with zero attached hydrogens (tertiary/aromatic N) is 1. The molecule has 64 heavy (non-hydrogen) atoms. The van der Waals surface area contributed by atoms with Gasteiger partial charge < -0.3 is 0 Å². The quantitative estimate of drug-likeness (QED) is 0.159. The number of para-hydroxylation sites is 1. The van der Waals surface area contributed by atoms with Gasteiger partial charge in [0.25, 0.3) is 0 Å². The van der Waals surface area contributed by atoms with Crippen LogP contribution in [0.25, 0.3) is 88.6 Å². The molecule has 0 atom stereocenters. The lowest BCUT2D eigenvalue weighted by Crippen LogP contribution is -2.25. The largest absolute Gasteiger partial charge is 0.247 e. The first kappa shape index (κ1) is 34.5. The minimum atomic E-state index is -0.417. The Morgan fingerprint density at radius 1 is 0.250 bits per heavy atom. The van der Waals surface area contributed by atoms with Crippen molar-refractivity contribution in [3.63, 3.8) is 0 Å². The molecule has 1 aromatic heterocycles. The molecule has 0 N–H and O–H groups in total. The van der Waals surface area contributed by atoms with Crippen molar-refractivity contribution < 1.29 is 0 Å². The molecule has 0 unspecified atom stereocenters. The third-order valence-corrected chi connectivity index (χ3v) is 15.3. The zero-order chi connectivity index (χ0) is 41.7. The second kappa shape index (κ2) is 12.3. The topological polar surface area (TPSA) is 12.9 Å². The summed E-state index contributed by atoms with van der Waals surface area (Å²) in [6, 6.07) is 84.3. The van der Waals surface area contributed by atoms with Gasteiger partial charge in [0.15, 0.2) is 0 Å². The molecule has 4 aliphatic rings. The van der Waals surface area contributed by atoms with Crippen molar-refractivity contribution in [3.05, 3.63) is 269 Å². The molecule has 0 amide bonds. The number of hydrogen-bond donors (Lipinski definition) is 0. The van der Waals surface area contributed by atoms with Crippen LogP contribution >= 0.6 is 0 Å². The molecule has 0 saturated heterocycles. The second-order valence-electron chi connectivity index (χ2n) is 18.0. The first-order chi connectivity index (χ1) is 31.8. The summed E-state index contributed by atoms with van der Waals surface area (Å²) in [4.78, 5) is 5.57. The summed E-state index contributed by atoms with van der Waals surface area (Å²) in [5, 5.41) is 3.57. The molecular weight excluding hydrogens is 771 g/mol. The van der Waals surface area contributed by atoms with Crippen molar-refractivity contribution in [2.45, 2.75) is 10.8 Å². The van der Waals surface area contributed by atoms with Crippen LogP contribution in [-0.4, -0.2) is 4.98 Å². The van der Waals surface area contributed by atoms with Gasteiger partial charge in [-0.15, -0.1) is 0 Å². The molecule has 0 bridgehead atoms. The van der Waals surface area contributed by atoms with Crippen molar-refractivity contribution >= 4 is 21.7 Å². The van der Waals surface area contributed by atoms with Crippen LogP contribution in [0.1, 0.15) is 44.5 Å². The third kappa shape index (κ3) is 4.05. The van der Waals surface area contributed by atoms with Gasteiger partial charge in [0, 0.05) is 16.3 Å². The fraction of sp³-hybridized carbons (Fsp3) is 0.0317. The van der Waals surface area contributed by atoms with Gasteiger partial charge in [-0.25, -0.2) is 4.98 Å². The van der Waals surface area contributed by atoms with Crippen LogP contribution in [0.5, 0.6) is 0 Å². The number of aromatic nitrogens is 1. The Morgan fingerprint density at radius 2 is 0.672 bits per heavy atom. The molecule has 294 valence electrons. The summed E-state index contributed by atoms with van der Waals surface area (Å²) >= 11 is 0. The van der Waals surface area contributed by atoms with E-state index in [2.05, 4.69) is 224 Å². The van der Waals surface area contributed by atoms with E-state index in [4.69, 9.17) is 4.98 Å². The number of pyridine rings is 1. The molecule has 1 nitrogen and oxygen atoms in total. The van der Waals surface area contributed by atoms with E-state index in [1.54, 1.807) is 0 Å². The van der Waals surface area contributed by atoms with Gasteiger partial charge in [-0.2, -0.15) is 0 Å². The van der Waals surface area contributed by atoms with E-state index in [0.29, 0.717) is 0 Å². The van der Waals surface area contributed by atoms with Gasteiger partial charge in [0.05, 0.1) is 22.0 Å². The van der Waals surface area contributed by atoms with Gasteiger partial charge in [-0.3, -0.25) is 0 Å². The highest BCUT2D eigenvalue weighted by Crippen LogP contribution is 2.65. The Labute approximate surface area is 371 Å². The van der Waals surface area contributed by atoms with Crippen LogP contribution in [0.4, 0.5) is 0 Å². The summed E-state index contributed by atoms with van der Waals surface area (Å²) in [5.41, 5.74) is 26.1. The van der Waals surface area contributed by atoms with Crippen molar-refractivity contribution in [2.24, 2.45) is 0 Å². The normalized spacial score (nSPS) is 14.5. The van der Waals surface area contributed by atoms with E-state index in [0.717, 1.165) is 16.8 Å². The highest BCUT2D eigenvalue weighted by atomic mass is 14.7. The highest BCUT2D eigenvalue weighted by molar-refractivity contribution is 6.14. The molecule has 0 aliphatic heterocycles. The van der Waals surface area contributed by atoms with Gasteiger partial charge >= 0.3 is 0 Å². The maximum absolute atomic E-state index is 5.57. The van der Waals surface area contributed by atoms with Crippen LogP contribution in [-0.2, 0) is 10.8 Å². The van der Waals surface area contributed by atoms with Crippen molar-refractivity contribution in [2.75, 3.05) is 0 Å². The van der Waals surface area contributed by atoms with Crippen molar-refractivity contribution in [1.82, 2.24) is 4.98 Å². The first-order valence-corrected chi connectivity index (χ1v) is 22.5. The molecular formula is C63H37N. The molecule has 0 fully saturated rings. The lowest BCUT2D eigenvalue weighted by Gasteiger charge is -2.30.